The molecule has 0 aliphatic heterocycles. The minimum absolute atomic E-state index is 0.687. The highest BCUT2D eigenvalue weighted by Crippen LogP contribution is 2.28. The number of aryl methyl sites for hydroxylation is 1. The van der Waals surface area contributed by atoms with Crippen LogP contribution in [0.1, 0.15) is 30.2 Å². The number of hydrogen-bond donors (Lipinski definition) is 0. The van der Waals surface area contributed by atoms with Crippen molar-refractivity contribution in [1.29, 1.82) is 0 Å². The Hall–Kier alpha value is 0.430. The summed E-state index contributed by atoms with van der Waals surface area (Å²) in [4.78, 5) is 1.50. The Kier molecular flexibility index (Phi) is 2.74. The number of rotatable bonds is 1. The molecule has 0 bridgehead atoms. The molecule has 1 aromatic rings. The maximum Gasteiger partial charge on any atom is 0.0685 e. The molecule has 0 spiro atoms. The highest BCUT2D eigenvalue weighted by Gasteiger charge is 2.04. The van der Waals surface area contributed by atoms with Crippen molar-refractivity contribution in [2.24, 2.45) is 0 Å². The highest BCUT2D eigenvalue weighted by molar-refractivity contribution is 14.1. The molecule has 0 unspecified atom stereocenters. The summed E-state index contributed by atoms with van der Waals surface area (Å²) in [6.07, 6.45) is 0. The van der Waals surface area contributed by atoms with Gasteiger partial charge in [0.1, 0.15) is 0 Å². The molecule has 0 radical (unpaired) electrons. The summed E-state index contributed by atoms with van der Waals surface area (Å²) in [6, 6.07) is 2.29. The topological polar surface area (TPSA) is 0 Å². The zero-order valence-electron chi connectivity index (χ0n) is 6.44. The van der Waals surface area contributed by atoms with Gasteiger partial charge in [0.2, 0.25) is 0 Å². The maximum atomic E-state index is 2.40. The first kappa shape index (κ1) is 8.53. The molecule has 10 heavy (non-hydrogen) atoms. The molecule has 1 heterocycles. The summed E-state index contributed by atoms with van der Waals surface area (Å²) in [5.41, 5.74) is 1.43. The van der Waals surface area contributed by atoms with E-state index in [0.29, 0.717) is 5.92 Å². The quantitative estimate of drug-likeness (QED) is 0.678. The lowest BCUT2D eigenvalue weighted by Crippen LogP contribution is -1.77. The zero-order valence-corrected chi connectivity index (χ0v) is 9.41. The summed E-state index contributed by atoms with van der Waals surface area (Å²) >= 11 is 4.31. The van der Waals surface area contributed by atoms with E-state index in [1.807, 2.05) is 11.3 Å². The summed E-state index contributed by atoms with van der Waals surface area (Å²) in [6.45, 7) is 6.65. The van der Waals surface area contributed by atoms with Crippen molar-refractivity contribution in [3.05, 3.63) is 19.4 Å². The van der Waals surface area contributed by atoms with E-state index in [9.17, 15) is 0 Å². The Morgan fingerprint density at radius 1 is 1.50 bits per heavy atom. The van der Waals surface area contributed by atoms with E-state index in [-0.39, 0.29) is 0 Å². The lowest BCUT2D eigenvalue weighted by molar-refractivity contribution is 0.889. The first-order valence-electron chi connectivity index (χ1n) is 3.37. The third-order valence-corrected chi connectivity index (χ3v) is 4.28. The van der Waals surface area contributed by atoms with Gasteiger partial charge in [-0.1, -0.05) is 13.8 Å². The number of hydrogen-bond acceptors (Lipinski definition) is 1. The average Bonchev–Trinajstić information content (AvgIpc) is 2.13. The first-order chi connectivity index (χ1) is 4.61. The molecule has 0 saturated heterocycles. The van der Waals surface area contributed by atoms with Crippen LogP contribution in [0.25, 0.3) is 0 Å². The molecule has 0 fully saturated rings. The van der Waals surface area contributed by atoms with Crippen LogP contribution in [0.5, 0.6) is 0 Å². The molecule has 0 amide bonds. The van der Waals surface area contributed by atoms with Gasteiger partial charge in [0.15, 0.2) is 0 Å². The molecule has 0 atom stereocenters. The van der Waals surface area contributed by atoms with Crippen LogP contribution in [-0.4, -0.2) is 0 Å². The van der Waals surface area contributed by atoms with E-state index in [0.717, 1.165) is 0 Å². The second-order valence-electron chi connectivity index (χ2n) is 2.76. The lowest BCUT2D eigenvalue weighted by atomic mass is 10.2. The van der Waals surface area contributed by atoms with Crippen molar-refractivity contribution >= 4 is 33.9 Å². The molecule has 0 aliphatic carbocycles. The molecule has 0 N–H and O–H groups in total. The van der Waals surface area contributed by atoms with Gasteiger partial charge in [0.05, 0.1) is 2.88 Å². The Morgan fingerprint density at radius 2 is 2.10 bits per heavy atom. The normalized spacial score (nSPS) is 10.9. The van der Waals surface area contributed by atoms with Gasteiger partial charge >= 0.3 is 0 Å². The molecule has 0 aliphatic rings. The van der Waals surface area contributed by atoms with E-state index in [2.05, 4.69) is 49.4 Å². The van der Waals surface area contributed by atoms with Gasteiger partial charge in [0, 0.05) is 4.88 Å². The van der Waals surface area contributed by atoms with Gasteiger partial charge in [-0.25, -0.2) is 0 Å². The molecular weight excluding hydrogens is 255 g/mol. The van der Waals surface area contributed by atoms with Gasteiger partial charge in [-0.15, -0.1) is 11.3 Å². The van der Waals surface area contributed by atoms with Crippen LogP contribution in [-0.2, 0) is 0 Å². The van der Waals surface area contributed by atoms with Crippen molar-refractivity contribution < 1.29 is 0 Å². The summed E-state index contributed by atoms with van der Waals surface area (Å²) in [5.74, 6) is 0.687. The average molecular weight is 266 g/mol. The fourth-order valence-electron chi connectivity index (χ4n) is 0.768. The summed E-state index contributed by atoms with van der Waals surface area (Å²) in [7, 11) is 0. The van der Waals surface area contributed by atoms with E-state index < -0.39 is 0 Å². The number of halogens is 1. The monoisotopic (exact) mass is 266 g/mol. The van der Waals surface area contributed by atoms with Crippen LogP contribution < -0.4 is 0 Å². The molecule has 0 nitrogen and oxygen atoms in total. The van der Waals surface area contributed by atoms with Gasteiger partial charge in [-0.2, -0.15) is 0 Å². The molecule has 0 saturated carbocycles. The van der Waals surface area contributed by atoms with Gasteiger partial charge in [-0.3, -0.25) is 0 Å². The van der Waals surface area contributed by atoms with E-state index in [1.165, 1.54) is 13.3 Å². The van der Waals surface area contributed by atoms with Crippen molar-refractivity contribution in [3.8, 4) is 0 Å². The first-order valence-corrected chi connectivity index (χ1v) is 5.26. The van der Waals surface area contributed by atoms with Crippen molar-refractivity contribution in [2.45, 2.75) is 26.7 Å². The van der Waals surface area contributed by atoms with Gasteiger partial charge in [0.25, 0.3) is 0 Å². The Bertz CT molecular complexity index is 206. The Labute approximate surface area is 79.8 Å². The summed E-state index contributed by atoms with van der Waals surface area (Å²) in [5, 5.41) is 0. The van der Waals surface area contributed by atoms with Crippen molar-refractivity contribution in [2.75, 3.05) is 0 Å². The van der Waals surface area contributed by atoms with Crippen LogP contribution in [0.3, 0.4) is 0 Å². The van der Waals surface area contributed by atoms with Crippen LogP contribution in [0.15, 0.2) is 6.07 Å². The zero-order chi connectivity index (χ0) is 7.72. The standard InChI is InChI=1S/C8H11IS/c1-5(2)7-4-6(3)8(9)10-7/h4-5H,1-3H3. The minimum atomic E-state index is 0.687. The summed E-state index contributed by atoms with van der Waals surface area (Å²) < 4.78 is 1.43. The largest absolute Gasteiger partial charge is 0.134 e. The predicted octanol–water partition coefficient (Wildman–Crippen LogP) is 3.78. The fourth-order valence-corrected chi connectivity index (χ4v) is 2.58. The van der Waals surface area contributed by atoms with Crippen LogP contribution >= 0.6 is 33.9 Å². The molecule has 1 rings (SSSR count). The minimum Gasteiger partial charge on any atom is -0.134 e. The molecule has 56 valence electrons. The smallest absolute Gasteiger partial charge is 0.0685 e. The van der Waals surface area contributed by atoms with Crippen molar-refractivity contribution in [3.63, 3.8) is 0 Å². The van der Waals surface area contributed by atoms with E-state index in [4.69, 9.17) is 0 Å². The Morgan fingerprint density at radius 3 is 2.30 bits per heavy atom. The van der Waals surface area contributed by atoms with Crippen LogP contribution in [0.4, 0.5) is 0 Å². The van der Waals surface area contributed by atoms with E-state index >= 15 is 0 Å². The van der Waals surface area contributed by atoms with E-state index in [1.54, 1.807) is 0 Å². The Balaban J connectivity index is 2.98. The highest BCUT2D eigenvalue weighted by atomic mass is 127. The molecule has 0 aromatic carbocycles. The van der Waals surface area contributed by atoms with Gasteiger partial charge < -0.3 is 0 Å². The number of thiophene rings is 1. The second kappa shape index (κ2) is 3.22. The third-order valence-electron chi connectivity index (χ3n) is 1.45. The SMILES string of the molecule is Cc1cc(C(C)C)sc1I. The van der Waals surface area contributed by atoms with Crippen LogP contribution in [0.2, 0.25) is 0 Å². The third kappa shape index (κ3) is 1.72. The lowest BCUT2D eigenvalue weighted by Gasteiger charge is -1.96. The van der Waals surface area contributed by atoms with Crippen molar-refractivity contribution in [1.82, 2.24) is 0 Å². The maximum absolute atomic E-state index is 2.40. The second-order valence-corrected chi connectivity index (χ2v) is 5.65. The molecule has 1 aromatic heterocycles. The molecule has 2 heteroatoms. The van der Waals surface area contributed by atoms with Crippen LogP contribution in [0, 0.1) is 9.81 Å². The van der Waals surface area contributed by atoms with Gasteiger partial charge in [-0.05, 0) is 47.1 Å². The fraction of sp³-hybridized carbons (Fsp3) is 0.500. The predicted molar refractivity (Wildman–Crippen MR) is 55.9 cm³/mol. The molecular formula is C8H11IS.